The van der Waals surface area contributed by atoms with E-state index in [-0.39, 0.29) is 5.41 Å². The van der Waals surface area contributed by atoms with Gasteiger partial charge in [0.1, 0.15) is 11.2 Å². The molecule has 0 saturated carbocycles. The van der Waals surface area contributed by atoms with Crippen molar-refractivity contribution in [1.29, 1.82) is 0 Å². The highest BCUT2D eigenvalue weighted by molar-refractivity contribution is 6.21. The zero-order valence-corrected chi connectivity index (χ0v) is 45.5. The van der Waals surface area contributed by atoms with E-state index in [0.29, 0.717) is 0 Å². The minimum Gasteiger partial charge on any atom is -0.453 e. The van der Waals surface area contributed by atoms with Crippen molar-refractivity contribution in [2.45, 2.75) is 33.1 Å². The van der Waals surface area contributed by atoms with Gasteiger partial charge < -0.3 is 18.6 Å². The van der Waals surface area contributed by atoms with Crippen LogP contribution < -0.4 is 9.80 Å². The number of hydrogen-bond acceptors (Lipinski definition) is 4. The first kappa shape index (κ1) is 46.9. The number of para-hydroxylation sites is 6. The fourth-order valence-corrected chi connectivity index (χ4v) is 13.9. The normalized spacial score (nSPS) is 12.8. The van der Waals surface area contributed by atoms with Crippen molar-refractivity contribution < 1.29 is 8.83 Å². The first-order chi connectivity index (χ1) is 39.8. The minimum absolute atomic E-state index is 0.350. The second-order valence-corrected chi connectivity index (χ2v) is 22.4. The molecule has 4 heteroatoms. The second kappa shape index (κ2) is 17.9. The monoisotopic (exact) mass is 1040 g/mol. The predicted octanol–water partition coefficient (Wildman–Crippen LogP) is 22.1. The predicted molar refractivity (Wildman–Crippen MR) is 341 cm³/mol. The standard InChI is InChI=1S/C77H54N2O2/c1-47-21-11-13-27-54(47)60-31-17-33-62-64-35-19-37-68(75(64)80-73(60)62)78(50-23-7-5-8-24-50)52-40-43-56-49(45-52)39-42-66-70-58-30-16-15-29-57(58)67-46-53(41-44-59(67)72(70)77(3,4)71(56)66)79(51-25-9-6-10-26-51)69-38-20-36-65-63-34-18-32-61(74(63)81-76(65)69)55-28-14-12-22-48(55)2/h5-46H,1-4H3. The molecule has 0 radical (unpaired) electrons. The maximum atomic E-state index is 7.13. The Morgan fingerprint density at radius 1 is 0.284 bits per heavy atom. The van der Waals surface area contributed by atoms with Gasteiger partial charge in [-0.15, -0.1) is 0 Å². The average molecular weight is 1040 g/mol. The van der Waals surface area contributed by atoms with E-state index in [1.54, 1.807) is 0 Å². The summed E-state index contributed by atoms with van der Waals surface area (Å²) in [6, 6.07) is 92.6. The molecule has 384 valence electrons. The van der Waals surface area contributed by atoms with Crippen LogP contribution in [0.3, 0.4) is 0 Å². The maximum Gasteiger partial charge on any atom is 0.159 e. The van der Waals surface area contributed by atoms with Gasteiger partial charge in [-0.1, -0.05) is 208 Å². The van der Waals surface area contributed by atoms with Gasteiger partial charge in [-0.3, -0.25) is 0 Å². The highest BCUT2D eigenvalue weighted by Gasteiger charge is 2.40. The molecular weight excluding hydrogens is 985 g/mol. The van der Waals surface area contributed by atoms with Gasteiger partial charge in [0.2, 0.25) is 0 Å². The Bertz CT molecular complexity index is 5060. The van der Waals surface area contributed by atoms with Crippen LogP contribution in [0, 0.1) is 13.8 Å². The summed E-state index contributed by atoms with van der Waals surface area (Å²) >= 11 is 0. The summed E-state index contributed by atoms with van der Waals surface area (Å²) in [5.74, 6) is 0. The molecule has 1 aliphatic carbocycles. The molecule has 4 nitrogen and oxygen atoms in total. The Kier molecular flexibility index (Phi) is 10.4. The van der Waals surface area contributed by atoms with E-state index in [4.69, 9.17) is 8.83 Å². The van der Waals surface area contributed by atoms with Crippen LogP contribution in [0.1, 0.15) is 36.1 Å². The van der Waals surface area contributed by atoms with Crippen LogP contribution in [-0.2, 0) is 5.41 Å². The van der Waals surface area contributed by atoms with Crippen LogP contribution in [-0.4, -0.2) is 0 Å². The number of nitrogens with zero attached hydrogens (tertiary/aromatic N) is 2. The van der Waals surface area contributed by atoms with Crippen molar-refractivity contribution in [1.82, 2.24) is 0 Å². The Morgan fingerprint density at radius 3 is 1.28 bits per heavy atom. The van der Waals surface area contributed by atoms with Crippen LogP contribution >= 0.6 is 0 Å². The summed E-state index contributed by atoms with van der Waals surface area (Å²) in [6.07, 6.45) is 0. The molecule has 0 spiro atoms. The van der Waals surface area contributed by atoms with Crippen molar-refractivity contribution in [3.63, 3.8) is 0 Å². The molecule has 0 atom stereocenters. The van der Waals surface area contributed by atoms with E-state index in [1.807, 2.05) is 0 Å². The third-order valence-corrected chi connectivity index (χ3v) is 17.4. The number of aryl methyl sites for hydroxylation is 2. The maximum absolute atomic E-state index is 7.13. The number of fused-ring (bicyclic) bond motifs is 16. The van der Waals surface area contributed by atoms with Gasteiger partial charge >= 0.3 is 0 Å². The molecule has 1 aliphatic rings. The van der Waals surface area contributed by atoms with Crippen LogP contribution in [0.5, 0.6) is 0 Å². The number of hydrogen-bond donors (Lipinski definition) is 0. The second-order valence-electron chi connectivity index (χ2n) is 22.4. The van der Waals surface area contributed by atoms with Gasteiger partial charge in [-0.25, -0.2) is 0 Å². The zero-order chi connectivity index (χ0) is 54.1. The molecule has 13 aromatic carbocycles. The molecule has 2 heterocycles. The van der Waals surface area contributed by atoms with Crippen molar-refractivity contribution in [2.75, 3.05) is 9.80 Å². The Labute approximate surface area is 470 Å². The smallest absolute Gasteiger partial charge is 0.159 e. The van der Waals surface area contributed by atoms with E-state index < -0.39 is 0 Å². The van der Waals surface area contributed by atoms with Crippen LogP contribution in [0.15, 0.2) is 264 Å². The van der Waals surface area contributed by atoms with Crippen LogP contribution in [0.25, 0.3) is 110 Å². The van der Waals surface area contributed by atoms with E-state index in [2.05, 4.69) is 292 Å². The molecule has 0 bridgehead atoms. The Hall–Kier alpha value is -10.2. The SMILES string of the molecule is Cc1ccccc1-c1cccc2c1oc1c(N(c3ccccc3)c3ccc4c5c(ccc4c3)-c3c(c4ccc(N(c6ccccc6)c6cccc7c6oc6c(-c8ccccc8C)cccc67)cc4c4ccccc34)C5(C)C)cccc12. The van der Waals surface area contributed by atoms with E-state index in [0.717, 1.165) is 89.1 Å². The highest BCUT2D eigenvalue weighted by Crippen LogP contribution is 2.58. The van der Waals surface area contributed by atoms with Gasteiger partial charge in [0.05, 0.1) is 11.4 Å². The fraction of sp³-hybridized carbons (Fsp3) is 0.0649. The highest BCUT2D eigenvalue weighted by atomic mass is 16.3. The number of benzene rings is 13. The summed E-state index contributed by atoms with van der Waals surface area (Å²) in [6.45, 7) is 9.20. The van der Waals surface area contributed by atoms with Gasteiger partial charge in [0.25, 0.3) is 0 Å². The molecule has 16 rings (SSSR count). The number of furan rings is 2. The van der Waals surface area contributed by atoms with Gasteiger partial charge in [-0.2, -0.15) is 0 Å². The molecule has 15 aromatic rings. The van der Waals surface area contributed by atoms with Crippen LogP contribution in [0.2, 0.25) is 0 Å². The van der Waals surface area contributed by atoms with Crippen molar-refractivity contribution >= 4 is 110 Å². The van der Waals surface area contributed by atoms with Gasteiger partial charge in [0.15, 0.2) is 11.2 Å². The summed E-state index contributed by atoms with van der Waals surface area (Å²) in [7, 11) is 0. The lowest BCUT2D eigenvalue weighted by molar-refractivity contribution is 0.670. The molecule has 0 aliphatic heterocycles. The number of anilines is 6. The minimum atomic E-state index is -0.350. The third-order valence-electron chi connectivity index (χ3n) is 17.4. The molecule has 0 saturated heterocycles. The largest absolute Gasteiger partial charge is 0.453 e. The molecule has 0 fully saturated rings. The molecule has 0 amide bonds. The van der Waals surface area contributed by atoms with Gasteiger partial charge in [-0.05, 0) is 151 Å². The average Bonchev–Trinajstić information content (AvgIpc) is 3.19. The summed E-state index contributed by atoms with van der Waals surface area (Å²) < 4.78 is 14.2. The van der Waals surface area contributed by atoms with E-state index in [1.165, 1.54) is 76.8 Å². The lowest BCUT2D eigenvalue weighted by Crippen LogP contribution is -2.16. The third kappa shape index (κ3) is 7.03. The molecular formula is C77H54N2O2. The van der Waals surface area contributed by atoms with Crippen molar-refractivity contribution in [3.8, 4) is 33.4 Å². The fourth-order valence-electron chi connectivity index (χ4n) is 13.9. The molecule has 0 unspecified atom stereocenters. The van der Waals surface area contributed by atoms with E-state index >= 15 is 0 Å². The number of rotatable bonds is 8. The van der Waals surface area contributed by atoms with Crippen molar-refractivity contribution in [2.24, 2.45) is 0 Å². The molecule has 2 aromatic heterocycles. The molecule has 0 N–H and O–H groups in total. The lowest BCUT2D eigenvalue weighted by Gasteiger charge is -2.28. The lowest BCUT2D eigenvalue weighted by atomic mass is 9.77. The molecule has 81 heavy (non-hydrogen) atoms. The summed E-state index contributed by atoms with van der Waals surface area (Å²) in [5, 5.41) is 11.8. The van der Waals surface area contributed by atoms with Crippen molar-refractivity contribution in [3.05, 3.63) is 277 Å². The topological polar surface area (TPSA) is 32.8 Å². The Morgan fingerprint density at radius 2 is 0.728 bits per heavy atom. The van der Waals surface area contributed by atoms with Gasteiger partial charge in [0, 0.05) is 60.8 Å². The zero-order valence-electron chi connectivity index (χ0n) is 45.5. The first-order valence-electron chi connectivity index (χ1n) is 28.1. The van der Waals surface area contributed by atoms with E-state index in [9.17, 15) is 0 Å². The summed E-state index contributed by atoms with van der Waals surface area (Å²) in [4.78, 5) is 4.74. The first-order valence-corrected chi connectivity index (χ1v) is 28.1. The quantitative estimate of drug-likeness (QED) is 0.142. The Balaban J connectivity index is 0.850. The summed E-state index contributed by atoms with van der Waals surface area (Å²) in [5.41, 5.74) is 21.7. The van der Waals surface area contributed by atoms with Crippen LogP contribution in [0.4, 0.5) is 34.1 Å².